The molecule has 1 N–H and O–H groups in total. The minimum Gasteiger partial charge on any atom is -0.462 e. The van der Waals surface area contributed by atoms with Crippen LogP contribution in [-0.2, 0) is 14.3 Å². The number of amides is 1. The second-order valence-corrected chi connectivity index (χ2v) is 6.25. The molecule has 2 aromatic rings. The summed E-state index contributed by atoms with van der Waals surface area (Å²) in [6.07, 6.45) is 0. The van der Waals surface area contributed by atoms with Crippen molar-refractivity contribution in [2.75, 3.05) is 18.5 Å². The maximum atomic E-state index is 12.9. The van der Waals surface area contributed by atoms with Gasteiger partial charge in [0.25, 0.3) is 0 Å². The van der Waals surface area contributed by atoms with Crippen molar-refractivity contribution >= 4 is 23.5 Å². The van der Waals surface area contributed by atoms with Gasteiger partial charge < -0.3 is 19.4 Å². The maximum Gasteiger partial charge on any atom is 0.343 e. The molecule has 0 unspecified atom stereocenters. The molecule has 0 spiro atoms. The maximum absolute atomic E-state index is 12.9. The van der Waals surface area contributed by atoms with Gasteiger partial charge in [-0.25, -0.2) is 9.59 Å². The molecule has 1 amide bonds. The predicted octanol–water partition coefficient (Wildman–Crippen LogP) is 2.77. The minimum atomic E-state index is -0.802. The van der Waals surface area contributed by atoms with Crippen LogP contribution in [0.5, 0.6) is 0 Å². The fourth-order valence-electron chi connectivity index (χ4n) is 3.10. The van der Waals surface area contributed by atoms with Crippen LogP contribution in [0.4, 0.5) is 5.69 Å². The number of anilines is 1. The van der Waals surface area contributed by atoms with Crippen molar-refractivity contribution in [2.24, 2.45) is 0 Å². The molecule has 29 heavy (non-hydrogen) atoms. The summed E-state index contributed by atoms with van der Waals surface area (Å²) < 4.78 is 11.7. The molecule has 0 saturated carbocycles. The first-order chi connectivity index (χ1) is 13.7. The summed E-state index contributed by atoms with van der Waals surface area (Å²) in [6, 6.07) is 6.78. The number of nitrogens with zero attached hydrogens (tertiary/aromatic N) is 1. The van der Waals surface area contributed by atoms with Crippen molar-refractivity contribution in [2.45, 2.75) is 34.6 Å². The van der Waals surface area contributed by atoms with Gasteiger partial charge in [0, 0.05) is 29.7 Å². The molecule has 8 nitrogen and oxygen atoms in total. The standard InChI is InChI=1S/C21H24N2O6/c1-6-28-20(26)17-12(3)23(13(4)18(19(17)25)21(27)29-7-2)16-10-8-15(9-11-16)22-14(5)24/h8-11H,6-7H2,1-5H3,(H,22,24). The van der Waals surface area contributed by atoms with Gasteiger partial charge in [0.15, 0.2) is 0 Å². The zero-order valence-electron chi connectivity index (χ0n) is 17.1. The Labute approximate surface area is 168 Å². The first-order valence-electron chi connectivity index (χ1n) is 9.21. The monoisotopic (exact) mass is 400 g/mol. The van der Waals surface area contributed by atoms with Crippen molar-refractivity contribution in [1.29, 1.82) is 0 Å². The zero-order chi connectivity index (χ0) is 21.7. The van der Waals surface area contributed by atoms with Gasteiger partial charge >= 0.3 is 11.9 Å². The summed E-state index contributed by atoms with van der Waals surface area (Å²) in [5, 5.41) is 2.67. The lowest BCUT2D eigenvalue weighted by Crippen LogP contribution is -2.31. The van der Waals surface area contributed by atoms with E-state index in [4.69, 9.17) is 9.47 Å². The third kappa shape index (κ3) is 4.53. The summed E-state index contributed by atoms with van der Waals surface area (Å²) >= 11 is 0. The van der Waals surface area contributed by atoms with Gasteiger partial charge in [-0.2, -0.15) is 0 Å². The number of hydrogen-bond donors (Lipinski definition) is 1. The summed E-state index contributed by atoms with van der Waals surface area (Å²) in [4.78, 5) is 49.1. The number of nitrogens with one attached hydrogen (secondary N) is 1. The van der Waals surface area contributed by atoms with Crippen molar-refractivity contribution < 1.29 is 23.9 Å². The van der Waals surface area contributed by atoms with Crippen LogP contribution in [0.2, 0.25) is 0 Å². The Morgan fingerprint density at radius 1 is 0.897 bits per heavy atom. The quantitative estimate of drug-likeness (QED) is 0.748. The van der Waals surface area contributed by atoms with Crippen molar-refractivity contribution in [1.82, 2.24) is 4.57 Å². The van der Waals surface area contributed by atoms with Gasteiger partial charge in [-0.3, -0.25) is 9.59 Å². The Morgan fingerprint density at radius 2 is 1.34 bits per heavy atom. The average molecular weight is 400 g/mol. The second-order valence-electron chi connectivity index (χ2n) is 6.25. The summed E-state index contributed by atoms with van der Waals surface area (Å²) in [5.74, 6) is -1.81. The number of rotatable bonds is 6. The highest BCUT2D eigenvalue weighted by molar-refractivity contribution is 5.97. The number of pyridine rings is 1. The lowest BCUT2D eigenvalue weighted by Gasteiger charge is -2.20. The molecule has 0 saturated heterocycles. The van der Waals surface area contributed by atoms with Crippen LogP contribution in [0, 0.1) is 13.8 Å². The number of benzene rings is 1. The molecule has 1 heterocycles. The molecule has 154 valence electrons. The van der Waals surface area contributed by atoms with Gasteiger partial charge in [-0.1, -0.05) is 0 Å². The molecule has 1 aromatic heterocycles. The van der Waals surface area contributed by atoms with Crippen molar-refractivity contribution in [3.8, 4) is 5.69 Å². The average Bonchev–Trinajstić information content (AvgIpc) is 2.63. The van der Waals surface area contributed by atoms with E-state index < -0.39 is 17.4 Å². The molecule has 1 aromatic carbocycles. The highest BCUT2D eigenvalue weighted by Crippen LogP contribution is 2.21. The van der Waals surface area contributed by atoms with Gasteiger partial charge in [0.05, 0.1) is 13.2 Å². The van der Waals surface area contributed by atoms with E-state index in [2.05, 4.69) is 5.32 Å². The van der Waals surface area contributed by atoms with Crippen LogP contribution >= 0.6 is 0 Å². The van der Waals surface area contributed by atoms with Crippen LogP contribution in [0.1, 0.15) is 52.9 Å². The van der Waals surface area contributed by atoms with Crippen LogP contribution in [0.25, 0.3) is 5.69 Å². The molecule has 0 aliphatic rings. The first-order valence-corrected chi connectivity index (χ1v) is 9.21. The number of esters is 2. The van der Waals surface area contributed by atoms with Gasteiger partial charge in [-0.05, 0) is 52.0 Å². The Balaban J connectivity index is 2.76. The molecule has 0 aliphatic carbocycles. The summed E-state index contributed by atoms with van der Waals surface area (Å²) in [7, 11) is 0. The highest BCUT2D eigenvalue weighted by atomic mass is 16.5. The van der Waals surface area contributed by atoms with Crippen LogP contribution in [0.15, 0.2) is 29.1 Å². The SMILES string of the molecule is CCOC(=O)c1c(C)n(-c2ccc(NC(C)=O)cc2)c(C)c(C(=O)OCC)c1=O. The van der Waals surface area contributed by atoms with E-state index in [9.17, 15) is 19.2 Å². The molecule has 0 fully saturated rings. The van der Waals surface area contributed by atoms with E-state index in [1.807, 2.05) is 0 Å². The highest BCUT2D eigenvalue weighted by Gasteiger charge is 2.27. The van der Waals surface area contributed by atoms with Crippen molar-refractivity contribution in [3.63, 3.8) is 0 Å². The molecular formula is C21H24N2O6. The third-order valence-electron chi connectivity index (χ3n) is 4.25. The molecule has 0 atom stereocenters. The van der Waals surface area contributed by atoms with Crippen LogP contribution < -0.4 is 10.7 Å². The Morgan fingerprint density at radius 3 is 1.72 bits per heavy atom. The minimum absolute atomic E-state index is 0.0890. The smallest absolute Gasteiger partial charge is 0.343 e. The Kier molecular flexibility index (Phi) is 6.93. The summed E-state index contributed by atoms with van der Waals surface area (Å²) in [6.45, 7) is 8.06. The molecule has 0 aliphatic heterocycles. The molecule has 0 bridgehead atoms. The van der Waals surface area contributed by atoms with E-state index in [1.165, 1.54) is 6.92 Å². The van der Waals surface area contributed by atoms with Crippen LogP contribution in [0.3, 0.4) is 0 Å². The van der Waals surface area contributed by atoms with Crippen molar-refractivity contribution in [3.05, 3.63) is 57.0 Å². The largest absolute Gasteiger partial charge is 0.462 e. The topological polar surface area (TPSA) is 104 Å². The fourth-order valence-corrected chi connectivity index (χ4v) is 3.10. The number of carbonyl (C=O) groups is 3. The van der Waals surface area contributed by atoms with Gasteiger partial charge in [0.1, 0.15) is 11.1 Å². The number of hydrogen-bond acceptors (Lipinski definition) is 6. The molecule has 8 heteroatoms. The normalized spacial score (nSPS) is 10.4. The number of aromatic nitrogens is 1. The molecule has 0 radical (unpaired) electrons. The zero-order valence-corrected chi connectivity index (χ0v) is 17.1. The van der Waals surface area contributed by atoms with E-state index in [0.29, 0.717) is 22.8 Å². The van der Waals surface area contributed by atoms with Crippen LogP contribution in [-0.4, -0.2) is 35.6 Å². The first kappa shape index (κ1) is 21.9. The Hall–Kier alpha value is -3.42. The Bertz CT molecular complexity index is 957. The fraction of sp³-hybridized carbons (Fsp3) is 0.333. The number of ether oxygens (including phenoxy) is 2. The van der Waals surface area contributed by atoms with Gasteiger partial charge in [-0.15, -0.1) is 0 Å². The van der Waals surface area contributed by atoms with Gasteiger partial charge in [0.2, 0.25) is 11.3 Å². The van der Waals surface area contributed by atoms with E-state index in [-0.39, 0.29) is 30.2 Å². The molecular weight excluding hydrogens is 376 g/mol. The number of carbonyl (C=O) groups excluding carboxylic acids is 3. The summed E-state index contributed by atoms with van der Waals surface area (Å²) in [5.41, 5.74) is 0.720. The van der Waals surface area contributed by atoms with E-state index in [0.717, 1.165) is 0 Å². The third-order valence-corrected chi connectivity index (χ3v) is 4.25. The lowest BCUT2D eigenvalue weighted by molar-refractivity contribution is -0.114. The van der Waals surface area contributed by atoms with E-state index in [1.54, 1.807) is 56.5 Å². The second kappa shape index (κ2) is 9.18. The predicted molar refractivity (Wildman–Crippen MR) is 108 cm³/mol. The van der Waals surface area contributed by atoms with E-state index >= 15 is 0 Å². The lowest BCUT2D eigenvalue weighted by atomic mass is 10.0. The molecule has 2 rings (SSSR count).